The first-order chi connectivity index (χ1) is 21.1. The fourth-order valence-corrected chi connectivity index (χ4v) is 4.40. The number of amides is 7. The van der Waals surface area contributed by atoms with E-state index in [2.05, 4.69) is 43.9 Å². The average molecular weight is 658 g/mol. The first kappa shape index (κ1) is 38.3. The fourth-order valence-electron chi connectivity index (χ4n) is 4.14. The van der Waals surface area contributed by atoms with Crippen molar-refractivity contribution >= 4 is 59.9 Å². The van der Waals surface area contributed by atoms with Gasteiger partial charge in [0.25, 0.3) is 5.97 Å². The van der Waals surface area contributed by atoms with Crippen LogP contribution in [-0.4, -0.2) is 122 Å². The molecule has 1 fully saturated rings. The van der Waals surface area contributed by atoms with Gasteiger partial charge in [-0.1, -0.05) is 0 Å². The van der Waals surface area contributed by atoms with Crippen LogP contribution in [-0.2, 0) is 44.8 Å². The quantitative estimate of drug-likeness (QED) is 0.0799. The molecule has 0 aliphatic carbocycles. The van der Waals surface area contributed by atoms with Gasteiger partial charge in [-0.2, -0.15) is 12.6 Å². The number of likely N-dealkylation sites (tertiary alicyclic amines) is 1. The van der Waals surface area contributed by atoms with Crippen molar-refractivity contribution in [2.45, 2.75) is 69.7 Å². The number of aliphatic carboxylic acids is 1. The Bertz CT molecular complexity index is 1230. The van der Waals surface area contributed by atoms with E-state index in [1.165, 1.54) is 24.3 Å². The van der Waals surface area contributed by atoms with Crippen molar-refractivity contribution in [1.82, 2.24) is 36.1 Å². The maximum atomic E-state index is 13.2. The molecule has 0 aromatic carbocycles. The van der Waals surface area contributed by atoms with Crippen LogP contribution in [0.1, 0.15) is 38.8 Å². The number of carbonyl (C=O) groups excluding carboxylic acids is 7. The molecule has 0 bridgehead atoms. The van der Waals surface area contributed by atoms with Gasteiger partial charge in [0.05, 0.1) is 19.4 Å². The molecule has 19 nitrogen and oxygen atoms in total. The van der Waals surface area contributed by atoms with Gasteiger partial charge in [-0.15, -0.1) is 0 Å². The number of nitrogens with zero attached hydrogens (tertiary/aromatic N) is 2. The molecule has 2 heterocycles. The number of nitrogens with two attached hydrogens (primary N) is 2. The molecular formula is C25H39N9O10S. The van der Waals surface area contributed by atoms with E-state index in [-0.39, 0.29) is 18.1 Å². The number of aromatic nitrogens is 2. The number of primary amides is 2. The van der Waals surface area contributed by atoms with Crippen LogP contribution in [0, 0.1) is 0 Å². The molecule has 5 atom stereocenters. The Labute approximate surface area is 263 Å². The Balaban J connectivity index is 0.00000238. The topological polar surface area (TPSA) is 309 Å². The Kier molecular flexibility index (Phi) is 16.0. The van der Waals surface area contributed by atoms with E-state index >= 15 is 0 Å². The molecule has 1 aromatic heterocycles. The lowest BCUT2D eigenvalue weighted by molar-refractivity contribution is -0.138. The molecule has 0 radical (unpaired) electrons. The zero-order valence-corrected chi connectivity index (χ0v) is 25.5. The molecule has 1 aliphatic rings. The highest BCUT2D eigenvalue weighted by atomic mass is 32.1. The summed E-state index contributed by atoms with van der Waals surface area (Å²) >= 11 is 4.01. The van der Waals surface area contributed by atoms with Gasteiger partial charge in [-0.05, 0) is 12.8 Å². The summed E-state index contributed by atoms with van der Waals surface area (Å²) in [5.74, 6) is -6.61. The third-order valence-corrected chi connectivity index (χ3v) is 6.63. The summed E-state index contributed by atoms with van der Waals surface area (Å²) in [4.78, 5) is 103. The second-order valence-electron chi connectivity index (χ2n) is 9.85. The number of carbonyl (C=O) groups is 8. The van der Waals surface area contributed by atoms with Gasteiger partial charge in [0.2, 0.25) is 41.4 Å². The smallest absolute Gasteiger partial charge is 0.300 e. The van der Waals surface area contributed by atoms with Crippen LogP contribution in [0.15, 0.2) is 12.5 Å². The highest BCUT2D eigenvalue weighted by Gasteiger charge is 2.36. The van der Waals surface area contributed by atoms with E-state index in [1.54, 1.807) is 0 Å². The van der Waals surface area contributed by atoms with Crippen LogP contribution in [0.3, 0.4) is 0 Å². The number of thiol groups is 1. The van der Waals surface area contributed by atoms with Gasteiger partial charge in [0.1, 0.15) is 30.2 Å². The number of carboxylic acid groups (broad SMARTS) is 1. The van der Waals surface area contributed by atoms with Crippen LogP contribution in [0.2, 0.25) is 0 Å². The number of hydrogen-bond acceptors (Lipinski definition) is 11. The third-order valence-electron chi connectivity index (χ3n) is 6.27. The number of aliphatic hydroxyl groups is 1. The molecule has 45 heavy (non-hydrogen) atoms. The van der Waals surface area contributed by atoms with Gasteiger partial charge in [0, 0.05) is 44.5 Å². The Hall–Kier alpha value is -4.72. The predicted molar refractivity (Wildman–Crippen MR) is 158 cm³/mol. The van der Waals surface area contributed by atoms with Crippen molar-refractivity contribution in [3.8, 4) is 0 Å². The van der Waals surface area contributed by atoms with Crippen molar-refractivity contribution in [3.63, 3.8) is 0 Å². The molecule has 7 amide bonds. The molecule has 1 aliphatic heterocycles. The Morgan fingerprint density at radius 2 is 1.53 bits per heavy atom. The summed E-state index contributed by atoms with van der Waals surface area (Å²) in [5.41, 5.74) is 10.7. The number of aliphatic hydroxyl groups excluding tert-OH is 1. The lowest BCUT2D eigenvalue weighted by Crippen LogP contribution is -2.60. The summed E-state index contributed by atoms with van der Waals surface area (Å²) in [6.45, 7) is 1.95. The number of rotatable bonds is 15. The molecule has 20 heteroatoms. The predicted octanol–water partition coefficient (Wildman–Crippen LogP) is -4.72. The lowest BCUT2D eigenvalue weighted by Gasteiger charge is -2.27. The second kappa shape index (κ2) is 18.8. The third kappa shape index (κ3) is 13.2. The summed E-state index contributed by atoms with van der Waals surface area (Å²) in [7, 11) is 0. The van der Waals surface area contributed by atoms with Crippen LogP contribution >= 0.6 is 12.6 Å². The van der Waals surface area contributed by atoms with E-state index in [9.17, 15) is 38.7 Å². The maximum absolute atomic E-state index is 13.2. The monoisotopic (exact) mass is 657 g/mol. The van der Waals surface area contributed by atoms with Crippen molar-refractivity contribution < 1.29 is 48.6 Å². The van der Waals surface area contributed by atoms with E-state index in [0.717, 1.165) is 6.92 Å². The number of hydrogen-bond donors (Lipinski definition) is 10. The number of H-pyrrole nitrogens is 1. The summed E-state index contributed by atoms with van der Waals surface area (Å²) in [6.07, 6.45) is 3.21. The van der Waals surface area contributed by atoms with Crippen LogP contribution in [0.25, 0.3) is 0 Å². The second-order valence-corrected chi connectivity index (χ2v) is 10.2. The molecule has 1 saturated heterocycles. The van der Waals surface area contributed by atoms with Crippen LogP contribution in [0.4, 0.5) is 0 Å². The molecule has 1 aromatic rings. The highest BCUT2D eigenvalue weighted by Crippen LogP contribution is 2.17. The van der Waals surface area contributed by atoms with Crippen molar-refractivity contribution in [1.29, 1.82) is 0 Å². The minimum atomic E-state index is -1.56. The number of imidazole rings is 1. The molecule has 11 N–H and O–H groups in total. The lowest BCUT2D eigenvalue weighted by atomic mass is 10.1. The van der Waals surface area contributed by atoms with Gasteiger partial charge in [-0.25, -0.2) is 4.98 Å². The first-order valence-electron chi connectivity index (χ1n) is 13.6. The SMILES string of the molecule is CC(=O)N1CCCC1C(=O)NC(Cc1cnc[nH]1)C(=O)NC(CO)C(=O)NC(CS)C(=O)NC(CC(N)=O)C(N)=O.CC(=O)O. The molecule has 0 spiro atoms. The zero-order valence-electron chi connectivity index (χ0n) is 24.6. The number of aromatic amines is 1. The molecular weight excluding hydrogens is 618 g/mol. The Morgan fingerprint density at radius 3 is 2.02 bits per heavy atom. The van der Waals surface area contributed by atoms with Gasteiger partial charge in [-0.3, -0.25) is 38.4 Å². The van der Waals surface area contributed by atoms with E-state index < -0.39 is 84.6 Å². The maximum Gasteiger partial charge on any atom is 0.300 e. The summed E-state index contributed by atoms with van der Waals surface area (Å²) in [6, 6.07) is -6.34. The number of carboxylic acids is 1. The standard InChI is InChI=1S/C23H35N9O8S.C2H4O2/c1-11(34)32-4-2-3-17(32)23(40)29-14(5-12-7-26-10-27-12)20(37)30-15(8-33)21(38)31-16(9-41)22(39)28-13(19(25)36)6-18(24)35;1-2(3)4/h7,10,13-17,33,41H,2-6,8-9H2,1H3,(H2,24,35)(H2,25,36)(H,26,27)(H,28,39)(H,29,40)(H,30,37)(H,31,38);1H3,(H,3,4). The van der Waals surface area contributed by atoms with E-state index in [1.807, 2.05) is 0 Å². The average Bonchev–Trinajstić information content (AvgIpc) is 3.65. The highest BCUT2D eigenvalue weighted by molar-refractivity contribution is 7.80. The molecule has 250 valence electrons. The molecule has 0 saturated carbocycles. The van der Waals surface area contributed by atoms with Gasteiger partial charge < -0.3 is 52.8 Å². The fraction of sp³-hybridized carbons (Fsp3) is 0.560. The molecule has 5 unspecified atom stereocenters. The summed E-state index contributed by atoms with van der Waals surface area (Å²) in [5, 5.41) is 26.7. The first-order valence-corrected chi connectivity index (χ1v) is 14.2. The van der Waals surface area contributed by atoms with Gasteiger partial charge in [0.15, 0.2) is 0 Å². The minimum absolute atomic E-state index is 0.0554. The number of nitrogens with one attached hydrogen (secondary N) is 5. The largest absolute Gasteiger partial charge is 0.481 e. The van der Waals surface area contributed by atoms with Crippen LogP contribution < -0.4 is 32.7 Å². The zero-order chi connectivity index (χ0) is 34.3. The summed E-state index contributed by atoms with van der Waals surface area (Å²) < 4.78 is 0. The molecule has 2 rings (SSSR count). The van der Waals surface area contributed by atoms with Crippen molar-refractivity contribution in [3.05, 3.63) is 18.2 Å². The van der Waals surface area contributed by atoms with Gasteiger partial charge >= 0.3 is 0 Å². The van der Waals surface area contributed by atoms with E-state index in [0.29, 0.717) is 25.1 Å². The normalized spacial score (nSPS) is 16.4. The van der Waals surface area contributed by atoms with Crippen molar-refractivity contribution in [2.75, 3.05) is 18.9 Å². The van der Waals surface area contributed by atoms with E-state index in [4.69, 9.17) is 21.4 Å². The Morgan fingerprint density at radius 1 is 0.978 bits per heavy atom. The van der Waals surface area contributed by atoms with Crippen molar-refractivity contribution in [2.24, 2.45) is 11.5 Å². The van der Waals surface area contributed by atoms with Crippen LogP contribution in [0.5, 0.6) is 0 Å². The minimum Gasteiger partial charge on any atom is -0.481 e.